The maximum Gasteiger partial charge on any atom is 0.335 e. The van der Waals surface area contributed by atoms with Crippen molar-refractivity contribution in [1.82, 2.24) is 5.32 Å². The summed E-state index contributed by atoms with van der Waals surface area (Å²) in [6.07, 6.45) is 6.91. The summed E-state index contributed by atoms with van der Waals surface area (Å²) in [5, 5.41) is 30.5. The number of amides is 1. The van der Waals surface area contributed by atoms with E-state index in [1.54, 1.807) is 12.1 Å². The van der Waals surface area contributed by atoms with Crippen LogP contribution >= 0.6 is 0 Å². The number of nitrogens with one attached hydrogen (secondary N) is 1. The van der Waals surface area contributed by atoms with E-state index in [2.05, 4.69) is 5.32 Å². The van der Waals surface area contributed by atoms with Gasteiger partial charge in [0, 0.05) is 38.6 Å². The number of carbonyl (C=O) groups is 6. The zero-order chi connectivity index (χ0) is 32.0. The number of carboxylic acid groups (broad SMARTS) is 3. The van der Waals surface area contributed by atoms with Crippen LogP contribution in [-0.2, 0) is 24.0 Å². The Balaban J connectivity index is 2.19. The first-order chi connectivity index (χ1) is 20.5. The molecule has 240 valence electrons. The summed E-state index contributed by atoms with van der Waals surface area (Å²) in [6.45, 7) is 2.95. The van der Waals surface area contributed by atoms with E-state index >= 15 is 0 Å². The SMILES string of the molecule is CCCNC(=O)CC[C@H](CC(=O)CC[C@H](CC(=O)CCCCCCCCCOc1ccc(C(=O)O)cc1)C(=O)O)C(=O)O. The molecule has 0 aliphatic rings. The average Bonchev–Trinajstić information content (AvgIpc) is 2.97. The van der Waals surface area contributed by atoms with Crippen LogP contribution in [0, 0.1) is 11.8 Å². The lowest BCUT2D eigenvalue weighted by molar-refractivity contribution is -0.145. The summed E-state index contributed by atoms with van der Waals surface area (Å²) in [5.41, 5.74) is 0.216. The molecule has 0 saturated carbocycles. The molecule has 0 aromatic heterocycles. The molecule has 1 rings (SSSR count). The molecule has 1 aromatic rings. The van der Waals surface area contributed by atoms with Gasteiger partial charge in [-0.2, -0.15) is 0 Å². The van der Waals surface area contributed by atoms with Crippen LogP contribution in [0.4, 0.5) is 0 Å². The van der Waals surface area contributed by atoms with Crippen LogP contribution in [0.25, 0.3) is 0 Å². The number of carboxylic acids is 3. The fourth-order valence-corrected chi connectivity index (χ4v) is 4.56. The predicted octanol–water partition coefficient (Wildman–Crippen LogP) is 5.29. The summed E-state index contributed by atoms with van der Waals surface area (Å²) in [7, 11) is 0. The summed E-state index contributed by atoms with van der Waals surface area (Å²) in [6, 6.07) is 6.29. The van der Waals surface area contributed by atoms with Crippen molar-refractivity contribution in [3.8, 4) is 5.75 Å². The number of carbonyl (C=O) groups excluding carboxylic acids is 3. The maximum atomic E-state index is 12.4. The highest BCUT2D eigenvalue weighted by atomic mass is 16.5. The largest absolute Gasteiger partial charge is 0.494 e. The van der Waals surface area contributed by atoms with Crippen LogP contribution in [0.3, 0.4) is 0 Å². The third-order valence-corrected chi connectivity index (χ3v) is 7.18. The highest BCUT2D eigenvalue weighted by Gasteiger charge is 2.25. The first-order valence-corrected chi connectivity index (χ1v) is 15.2. The number of aromatic carboxylic acids is 1. The maximum absolute atomic E-state index is 12.4. The number of unbranched alkanes of at least 4 members (excludes halogenated alkanes) is 6. The number of ether oxygens (including phenoxy) is 1. The number of ketones is 2. The van der Waals surface area contributed by atoms with E-state index in [0.717, 1.165) is 44.9 Å². The molecule has 0 bridgehead atoms. The van der Waals surface area contributed by atoms with E-state index in [9.17, 15) is 39.0 Å². The van der Waals surface area contributed by atoms with Gasteiger partial charge in [-0.3, -0.25) is 24.0 Å². The lowest BCUT2D eigenvalue weighted by Gasteiger charge is -2.14. The normalized spacial score (nSPS) is 12.2. The van der Waals surface area contributed by atoms with Crippen molar-refractivity contribution in [3.63, 3.8) is 0 Å². The molecule has 11 heteroatoms. The van der Waals surface area contributed by atoms with Crippen molar-refractivity contribution >= 4 is 35.4 Å². The molecule has 0 unspecified atom stereocenters. The van der Waals surface area contributed by atoms with Gasteiger partial charge in [0.1, 0.15) is 17.3 Å². The molecule has 11 nitrogen and oxygen atoms in total. The molecule has 1 amide bonds. The molecule has 0 spiro atoms. The van der Waals surface area contributed by atoms with Gasteiger partial charge in [0.05, 0.1) is 24.0 Å². The Hall–Kier alpha value is -3.76. The van der Waals surface area contributed by atoms with E-state index < -0.39 is 29.7 Å². The standard InChI is InChI=1S/C32H47NO10/c1-2-19-33-29(36)18-14-25(32(41)42)22-27(35)15-11-24(31(39)40)21-26(34)10-8-6-4-3-5-7-9-20-43-28-16-12-23(13-17-28)30(37)38/h12-13,16-17,24-25H,2-11,14-15,18-22H2,1H3,(H,33,36)(H,37,38)(H,39,40)(H,41,42)/t24-,25-/m1/s1. The van der Waals surface area contributed by atoms with Gasteiger partial charge in [-0.1, -0.05) is 39.0 Å². The lowest BCUT2D eigenvalue weighted by atomic mass is 9.90. The molecule has 4 N–H and O–H groups in total. The molecule has 43 heavy (non-hydrogen) atoms. The highest BCUT2D eigenvalue weighted by molar-refractivity contribution is 5.88. The highest BCUT2D eigenvalue weighted by Crippen LogP contribution is 2.20. The van der Waals surface area contributed by atoms with Crippen LogP contribution in [-0.4, -0.2) is 63.9 Å². The van der Waals surface area contributed by atoms with Crippen molar-refractivity contribution in [3.05, 3.63) is 29.8 Å². The Labute approximate surface area is 253 Å². The summed E-state index contributed by atoms with van der Waals surface area (Å²) < 4.78 is 5.62. The van der Waals surface area contributed by atoms with E-state index in [4.69, 9.17) is 9.84 Å². The third kappa shape index (κ3) is 17.7. The van der Waals surface area contributed by atoms with Crippen molar-refractivity contribution < 1.29 is 48.8 Å². The van der Waals surface area contributed by atoms with E-state index in [1.807, 2.05) is 6.92 Å². The van der Waals surface area contributed by atoms with E-state index in [0.29, 0.717) is 25.3 Å². The Morgan fingerprint density at radius 3 is 1.74 bits per heavy atom. The molecule has 0 aliphatic carbocycles. The van der Waals surface area contributed by atoms with Gasteiger partial charge in [0.25, 0.3) is 0 Å². The molecular formula is C32H47NO10. The van der Waals surface area contributed by atoms with Crippen LogP contribution in [0.15, 0.2) is 24.3 Å². The van der Waals surface area contributed by atoms with E-state index in [1.165, 1.54) is 12.1 Å². The van der Waals surface area contributed by atoms with E-state index in [-0.39, 0.29) is 68.0 Å². The number of hydrogen-bond acceptors (Lipinski definition) is 7. The van der Waals surface area contributed by atoms with Crippen LogP contribution in [0.1, 0.15) is 114 Å². The second kappa shape index (κ2) is 21.9. The molecule has 0 heterocycles. The first kappa shape index (κ1) is 37.3. The topological polar surface area (TPSA) is 184 Å². The van der Waals surface area contributed by atoms with Crippen molar-refractivity contribution in [2.24, 2.45) is 11.8 Å². The van der Waals surface area contributed by atoms with Gasteiger partial charge in [-0.25, -0.2) is 4.79 Å². The fraction of sp³-hybridized carbons (Fsp3) is 0.625. The number of Topliss-reactive ketones (excluding diaryl/α,β-unsaturated/α-hetero) is 2. The zero-order valence-corrected chi connectivity index (χ0v) is 25.2. The third-order valence-electron chi connectivity index (χ3n) is 7.18. The zero-order valence-electron chi connectivity index (χ0n) is 25.2. The van der Waals surface area contributed by atoms with Gasteiger partial charge in [0.2, 0.25) is 5.91 Å². The molecule has 0 radical (unpaired) electrons. The Bertz CT molecular complexity index is 1040. The van der Waals surface area contributed by atoms with Crippen molar-refractivity contribution in [1.29, 1.82) is 0 Å². The van der Waals surface area contributed by atoms with Gasteiger partial charge in [0.15, 0.2) is 0 Å². The quantitative estimate of drug-likeness (QED) is 0.101. The first-order valence-electron chi connectivity index (χ1n) is 15.2. The Morgan fingerprint density at radius 1 is 0.698 bits per heavy atom. The fourth-order valence-electron chi connectivity index (χ4n) is 4.56. The lowest BCUT2D eigenvalue weighted by Crippen LogP contribution is -2.26. The number of hydrogen-bond donors (Lipinski definition) is 4. The second-order valence-corrected chi connectivity index (χ2v) is 10.9. The summed E-state index contributed by atoms with van der Waals surface area (Å²) >= 11 is 0. The van der Waals surface area contributed by atoms with Gasteiger partial charge < -0.3 is 25.4 Å². The molecule has 0 saturated heterocycles. The summed E-state index contributed by atoms with van der Waals surface area (Å²) in [5.74, 6) is -5.47. The van der Waals surface area contributed by atoms with Crippen LogP contribution in [0.2, 0.25) is 0 Å². The van der Waals surface area contributed by atoms with Gasteiger partial charge in [-0.15, -0.1) is 0 Å². The van der Waals surface area contributed by atoms with Crippen LogP contribution in [0.5, 0.6) is 5.75 Å². The van der Waals surface area contributed by atoms with Crippen LogP contribution < -0.4 is 10.1 Å². The number of rotatable bonds is 26. The molecule has 1 aromatic carbocycles. The minimum absolute atomic E-state index is 0.000378. The van der Waals surface area contributed by atoms with Crippen molar-refractivity contribution in [2.75, 3.05) is 13.2 Å². The second-order valence-electron chi connectivity index (χ2n) is 10.9. The molecular weight excluding hydrogens is 558 g/mol. The Kier molecular flexibility index (Phi) is 19.0. The minimum Gasteiger partial charge on any atom is -0.494 e. The molecule has 0 aliphatic heterocycles. The smallest absolute Gasteiger partial charge is 0.335 e. The Morgan fingerprint density at radius 2 is 1.21 bits per heavy atom. The molecule has 0 fully saturated rings. The van der Waals surface area contributed by atoms with Gasteiger partial charge >= 0.3 is 17.9 Å². The minimum atomic E-state index is -1.17. The van der Waals surface area contributed by atoms with Crippen molar-refractivity contribution in [2.45, 2.75) is 103 Å². The average molecular weight is 606 g/mol. The summed E-state index contributed by atoms with van der Waals surface area (Å²) in [4.78, 5) is 70.5. The predicted molar refractivity (Wildman–Crippen MR) is 159 cm³/mol. The van der Waals surface area contributed by atoms with Gasteiger partial charge in [-0.05, 0) is 56.4 Å². The molecule has 2 atom stereocenters. The monoisotopic (exact) mass is 605 g/mol. The number of benzene rings is 1. The number of aliphatic carboxylic acids is 2.